The summed E-state index contributed by atoms with van der Waals surface area (Å²) < 4.78 is 5.25. The largest absolute Gasteiger partial charge is 0.478 e. The molecule has 2 rings (SSSR count). The number of nitrogens with zero attached hydrogens (tertiary/aromatic N) is 4. The smallest absolute Gasteiger partial charge is 0.257 e. The van der Waals surface area contributed by atoms with Crippen LogP contribution in [-0.4, -0.2) is 43.1 Å². The Labute approximate surface area is 126 Å². The summed E-state index contributed by atoms with van der Waals surface area (Å²) in [6.45, 7) is 1.71. The molecule has 1 heterocycles. The van der Waals surface area contributed by atoms with E-state index >= 15 is 0 Å². The molecular weight excluding hydrogens is 264 g/mol. The minimum Gasteiger partial charge on any atom is -0.478 e. The maximum atomic E-state index is 5.25. The fourth-order valence-corrected chi connectivity index (χ4v) is 2.19. The fraction of sp³-hybridized carbons (Fsp3) is 0.375. The molecule has 0 amide bonds. The van der Waals surface area contributed by atoms with E-state index in [1.54, 1.807) is 19.5 Å². The molecule has 5 heteroatoms. The van der Waals surface area contributed by atoms with E-state index in [1.807, 2.05) is 11.9 Å². The second-order valence-corrected chi connectivity index (χ2v) is 5.30. The van der Waals surface area contributed by atoms with Crippen molar-refractivity contribution in [3.8, 4) is 5.88 Å². The maximum Gasteiger partial charge on any atom is 0.257 e. The zero-order valence-electron chi connectivity index (χ0n) is 13.1. The van der Waals surface area contributed by atoms with E-state index in [4.69, 9.17) is 4.74 Å². The van der Waals surface area contributed by atoms with E-state index in [1.165, 1.54) is 11.1 Å². The van der Waals surface area contributed by atoms with Crippen molar-refractivity contribution in [3.63, 3.8) is 0 Å². The quantitative estimate of drug-likeness (QED) is 0.814. The predicted octanol–water partition coefficient (Wildman–Crippen LogP) is 2.18. The average molecular weight is 286 g/mol. The minimum absolute atomic E-state index is 0.546. The van der Waals surface area contributed by atoms with Gasteiger partial charge in [0.1, 0.15) is 0 Å². The van der Waals surface area contributed by atoms with Gasteiger partial charge in [0, 0.05) is 32.5 Å². The van der Waals surface area contributed by atoms with Crippen molar-refractivity contribution in [1.82, 2.24) is 14.9 Å². The molecule has 0 bridgehead atoms. The van der Waals surface area contributed by atoms with Gasteiger partial charge in [-0.1, -0.05) is 24.3 Å². The summed E-state index contributed by atoms with van der Waals surface area (Å²) in [5.74, 6) is 1.29. The van der Waals surface area contributed by atoms with Crippen molar-refractivity contribution >= 4 is 5.82 Å². The van der Waals surface area contributed by atoms with Crippen LogP contribution in [0.2, 0.25) is 0 Å². The first-order chi connectivity index (χ1) is 10.1. The van der Waals surface area contributed by atoms with Gasteiger partial charge in [0.15, 0.2) is 5.82 Å². The molecule has 1 aromatic carbocycles. The molecule has 2 aromatic rings. The van der Waals surface area contributed by atoms with Crippen molar-refractivity contribution in [1.29, 1.82) is 0 Å². The van der Waals surface area contributed by atoms with Crippen LogP contribution in [0.3, 0.4) is 0 Å². The van der Waals surface area contributed by atoms with Crippen LogP contribution in [0.5, 0.6) is 5.88 Å². The van der Waals surface area contributed by atoms with Crippen LogP contribution in [0, 0.1) is 0 Å². The number of ether oxygens (including phenoxy) is 1. The first kappa shape index (κ1) is 15.3. The van der Waals surface area contributed by atoms with Crippen molar-refractivity contribution in [2.24, 2.45) is 0 Å². The first-order valence-corrected chi connectivity index (χ1v) is 6.89. The Balaban J connectivity index is 2.07. The third kappa shape index (κ3) is 4.16. The van der Waals surface area contributed by atoms with Crippen molar-refractivity contribution < 1.29 is 4.74 Å². The van der Waals surface area contributed by atoms with Gasteiger partial charge in [-0.05, 0) is 25.2 Å². The second-order valence-electron chi connectivity index (χ2n) is 5.30. The van der Waals surface area contributed by atoms with Crippen LogP contribution in [0.4, 0.5) is 5.82 Å². The molecule has 1 aromatic heterocycles. The third-order valence-electron chi connectivity index (χ3n) is 3.14. The van der Waals surface area contributed by atoms with Crippen LogP contribution in [0.1, 0.15) is 11.1 Å². The van der Waals surface area contributed by atoms with Crippen LogP contribution in [-0.2, 0) is 13.1 Å². The lowest BCUT2D eigenvalue weighted by atomic mass is 10.1. The van der Waals surface area contributed by atoms with Gasteiger partial charge in [0.25, 0.3) is 5.88 Å². The summed E-state index contributed by atoms with van der Waals surface area (Å²) in [7, 11) is 7.74. The molecule has 0 atom stereocenters. The number of aromatic nitrogens is 2. The van der Waals surface area contributed by atoms with Crippen LogP contribution >= 0.6 is 0 Å². The lowest BCUT2D eigenvalue weighted by molar-refractivity contribution is 0.396. The summed E-state index contributed by atoms with van der Waals surface area (Å²) in [6, 6.07) is 8.63. The molecule has 21 heavy (non-hydrogen) atoms. The van der Waals surface area contributed by atoms with E-state index in [9.17, 15) is 0 Å². The lowest BCUT2D eigenvalue weighted by Crippen LogP contribution is -2.19. The van der Waals surface area contributed by atoms with Crippen molar-refractivity contribution in [2.45, 2.75) is 13.1 Å². The van der Waals surface area contributed by atoms with E-state index < -0.39 is 0 Å². The Kier molecular flexibility index (Phi) is 5.11. The number of hydrogen-bond acceptors (Lipinski definition) is 5. The Hall–Kier alpha value is -2.14. The molecule has 112 valence electrons. The third-order valence-corrected chi connectivity index (χ3v) is 3.14. The Bertz CT molecular complexity index is 569. The zero-order valence-corrected chi connectivity index (χ0v) is 13.1. The number of anilines is 1. The molecule has 0 unspecified atom stereocenters. The topological polar surface area (TPSA) is 41.5 Å². The molecule has 0 aliphatic carbocycles. The van der Waals surface area contributed by atoms with Crippen molar-refractivity contribution in [3.05, 3.63) is 47.8 Å². The monoisotopic (exact) mass is 286 g/mol. The van der Waals surface area contributed by atoms with Gasteiger partial charge >= 0.3 is 0 Å². The lowest BCUT2D eigenvalue weighted by Gasteiger charge is -2.19. The van der Waals surface area contributed by atoms with E-state index in [-0.39, 0.29) is 0 Å². The maximum absolute atomic E-state index is 5.25. The molecule has 0 saturated heterocycles. The molecule has 0 N–H and O–H groups in total. The highest BCUT2D eigenvalue weighted by molar-refractivity contribution is 5.47. The molecule has 0 radical (unpaired) electrons. The molecule has 0 fully saturated rings. The highest BCUT2D eigenvalue weighted by Crippen LogP contribution is 2.22. The molecule has 0 aliphatic heterocycles. The second kappa shape index (κ2) is 7.04. The number of rotatable bonds is 6. The number of hydrogen-bond donors (Lipinski definition) is 0. The summed E-state index contributed by atoms with van der Waals surface area (Å²) in [6.07, 6.45) is 3.31. The Morgan fingerprint density at radius 2 is 1.48 bits per heavy atom. The standard InChI is InChI=1S/C16H22N4O/c1-19(2)11-13-5-7-14(8-6-13)12-20(3)15-16(21-4)18-10-9-17-15/h5-10H,11-12H2,1-4H3. The average Bonchev–Trinajstić information content (AvgIpc) is 2.48. The highest BCUT2D eigenvalue weighted by atomic mass is 16.5. The molecular formula is C16H22N4O. The zero-order chi connectivity index (χ0) is 15.2. The van der Waals surface area contributed by atoms with Gasteiger partial charge in [-0.3, -0.25) is 0 Å². The summed E-state index contributed by atoms with van der Waals surface area (Å²) in [4.78, 5) is 12.7. The van der Waals surface area contributed by atoms with Gasteiger partial charge < -0.3 is 14.5 Å². The molecule has 0 aliphatic rings. The van der Waals surface area contributed by atoms with Crippen LogP contribution in [0.25, 0.3) is 0 Å². The fourth-order valence-electron chi connectivity index (χ4n) is 2.19. The van der Waals surface area contributed by atoms with Gasteiger partial charge in [-0.2, -0.15) is 0 Å². The normalized spacial score (nSPS) is 10.7. The Morgan fingerprint density at radius 3 is 2.05 bits per heavy atom. The highest BCUT2D eigenvalue weighted by Gasteiger charge is 2.10. The predicted molar refractivity (Wildman–Crippen MR) is 84.5 cm³/mol. The van der Waals surface area contributed by atoms with E-state index in [0.29, 0.717) is 5.88 Å². The van der Waals surface area contributed by atoms with Gasteiger partial charge in [-0.15, -0.1) is 0 Å². The van der Waals surface area contributed by atoms with Crippen LogP contribution in [0.15, 0.2) is 36.7 Å². The van der Waals surface area contributed by atoms with Crippen LogP contribution < -0.4 is 9.64 Å². The molecule has 0 spiro atoms. The first-order valence-electron chi connectivity index (χ1n) is 6.89. The number of benzene rings is 1. The summed E-state index contributed by atoms with van der Waals surface area (Å²) >= 11 is 0. The minimum atomic E-state index is 0.546. The van der Waals surface area contributed by atoms with Gasteiger partial charge in [0.2, 0.25) is 0 Å². The molecule has 0 saturated carbocycles. The van der Waals surface area contributed by atoms with Gasteiger partial charge in [0.05, 0.1) is 7.11 Å². The Morgan fingerprint density at radius 1 is 0.905 bits per heavy atom. The SMILES string of the molecule is COc1nccnc1N(C)Cc1ccc(CN(C)C)cc1. The molecule has 5 nitrogen and oxygen atoms in total. The van der Waals surface area contributed by atoms with Crippen molar-refractivity contribution in [2.75, 3.05) is 33.2 Å². The van der Waals surface area contributed by atoms with Gasteiger partial charge in [-0.25, -0.2) is 9.97 Å². The number of methoxy groups -OCH3 is 1. The summed E-state index contributed by atoms with van der Waals surface area (Å²) in [5, 5.41) is 0. The summed E-state index contributed by atoms with van der Waals surface area (Å²) in [5.41, 5.74) is 2.54. The van der Waals surface area contributed by atoms with E-state index in [0.717, 1.165) is 18.9 Å². The van der Waals surface area contributed by atoms with E-state index in [2.05, 4.69) is 53.2 Å².